The first kappa shape index (κ1) is 26.6. The van der Waals surface area contributed by atoms with E-state index in [-0.39, 0.29) is 0 Å². The fourth-order valence-electron chi connectivity index (χ4n) is 4.27. The van der Waals surface area contributed by atoms with Crippen molar-refractivity contribution in [2.75, 3.05) is 26.6 Å². The standard InChI is InChI=1S/C28H24ClN7O4/c1-30-28-31-14-18-11-21(20-12-19(39-2)13-22(40-3)25(20)29)27-35-34-23(36(27)26(18)33-28)10-17-6-4-16(5-7-17)8-9-24(38)32-15-37/h4-9,11-15H,10H2,1-3H3,(H,30,31,33)(H,32,37,38). The molecule has 0 saturated heterocycles. The lowest BCUT2D eigenvalue weighted by Gasteiger charge is -2.14. The van der Waals surface area contributed by atoms with Crippen molar-refractivity contribution >= 4 is 52.6 Å². The molecule has 0 bridgehead atoms. The van der Waals surface area contributed by atoms with Crippen LogP contribution in [0.5, 0.6) is 11.5 Å². The number of methoxy groups -OCH3 is 2. The molecular formula is C28H24ClN7O4. The fraction of sp³-hybridized carbons (Fsp3) is 0.143. The molecule has 5 aromatic rings. The molecule has 202 valence electrons. The molecule has 0 saturated carbocycles. The molecule has 2 aromatic carbocycles. The van der Waals surface area contributed by atoms with Crippen LogP contribution in [0.25, 0.3) is 33.9 Å². The summed E-state index contributed by atoms with van der Waals surface area (Å²) in [6, 6.07) is 13.1. The topological polar surface area (TPSA) is 133 Å². The highest BCUT2D eigenvalue weighted by Gasteiger charge is 2.21. The van der Waals surface area contributed by atoms with Gasteiger partial charge in [-0.05, 0) is 29.3 Å². The van der Waals surface area contributed by atoms with E-state index < -0.39 is 5.91 Å². The maximum atomic E-state index is 11.5. The number of benzene rings is 2. The van der Waals surface area contributed by atoms with Gasteiger partial charge in [0.1, 0.15) is 17.3 Å². The Hall–Kier alpha value is -5.03. The summed E-state index contributed by atoms with van der Waals surface area (Å²) in [5.41, 5.74) is 4.33. The second-order valence-corrected chi connectivity index (χ2v) is 9.00. The molecule has 0 atom stereocenters. The Morgan fingerprint density at radius 1 is 1.05 bits per heavy atom. The maximum absolute atomic E-state index is 11.5. The molecule has 3 heterocycles. The Balaban J connectivity index is 1.63. The van der Waals surface area contributed by atoms with E-state index >= 15 is 0 Å². The number of nitrogens with zero attached hydrogens (tertiary/aromatic N) is 5. The van der Waals surface area contributed by atoms with Crippen molar-refractivity contribution in [2.24, 2.45) is 0 Å². The number of ether oxygens (including phenoxy) is 2. The number of amides is 2. The van der Waals surface area contributed by atoms with Crippen LogP contribution in [0.2, 0.25) is 5.02 Å². The van der Waals surface area contributed by atoms with Gasteiger partial charge in [0.25, 0.3) is 0 Å². The van der Waals surface area contributed by atoms with Crippen molar-refractivity contribution in [1.29, 1.82) is 0 Å². The predicted molar refractivity (Wildman–Crippen MR) is 152 cm³/mol. The SMILES string of the molecule is CNc1ncc2cc(-c3cc(OC)cc(OC)c3Cl)c3nnc(Cc4ccc(C=CC(=O)NC=O)cc4)n3c2n1. The Bertz CT molecular complexity index is 1770. The normalized spacial score (nSPS) is 11.2. The molecule has 40 heavy (non-hydrogen) atoms. The number of halogens is 1. The van der Waals surface area contributed by atoms with Crippen LogP contribution in [0.3, 0.4) is 0 Å². The van der Waals surface area contributed by atoms with Crippen LogP contribution in [0.15, 0.2) is 54.7 Å². The zero-order chi connectivity index (χ0) is 28.2. The summed E-state index contributed by atoms with van der Waals surface area (Å²) in [5.74, 6) is 1.66. The second kappa shape index (κ2) is 11.4. The largest absolute Gasteiger partial charge is 0.497 e. The summed E-state index contributed by atoms with van der Waals surface area (Å²) in [6.07, 6.45) is 5.44. The molecule has 0 unspecified atom stereocenters. The lowest BCUT2D eigenvalue weighted by Crippen LogP contribution is -2.17. The molecule has 0 aliphatic rings. The Kier molecular flexibility index (Phi) is 7.56. The van der Waals surface area contributed by atoms with Gasteiger partial charge in [0.2, 0.25) is 18.3 Å². The summed E-state index contributed by atoms with van der Waals surface area (Å²) in [5, 5.41) is 15.3. The Labute approximate surface area is 233 Å². The predicted octanol–water partition coefficient (Wildman–Crippen LogP) is 3.93. The first-order valence-corrected chi connectivity index (χ1v) is 12.5. The van der Waals surface area contributed by atoms with Crippen LogP contribution in [0.1, 0.15) is 17.0 Å². The zero-order valence-electron chi connectivity index (χ0n) is 21.8. The summed E-state index contributed by atoms with van der Waals surface area (Å²) >= 11 is 6.76. The Morgan fingerprint density at radius 2 is 1.85 bits per heavy atom. The molecule has 3 aromatic heterocycles. The lowest BCUT2D eigenvalue weighted by atomic mass is 10.0. The van der Waals surface area contributed by atoms with Crippen molar-refractivity contribution in [1.82, 2.24) is 29.9 Å². The summed E-state index contributed by atoms with van der Waals surface area (Å²) in [6.45, 7) is 0. The molecule has 2 N–H and O–H groups in total. The molecule has 2 amide bonds. The molecule has 0 radical (unpaired) electrons. The van der Waals surface area contributed by atoms with Gasteiger partial charge in [-0.25, -0.2) is 4.98 Å². The number of pyridine rings is 1. The van der Waals surface area contributed by atoms with Gasteiger partial charge in [-0.2, -0.15) is 4.98 Å². The zero-order valence-corrected chi connectivity index (χ0v) is 22.6. The van der Waals surface area contributed by atoms with Gasteiger partial charge in [0.05, 0.1) is 19.2 Å². The van der Waals surface area contributed by atoms with Gasteiger partial charge in [0, 0.05) is 48.3 Å². The molecule has 0 fully saturated rings. The quantitative estimate of drug-likeness (QED) is 0.204. The highest BCUT2D eigenvalue weighted by atomic mass is 35.5. The van der Waals surface area contributed by atoms with Gasteiger partial charge < -0.3 is 14.8 Å². The van der Waals surface area contributed by atoms with Crippen LogP contribution in [-0.2, 0) is 16.0 Å². The second-order valence-electron chi connectivity index (χ2n) is 8.63. The highest BCUT2D eigenvalue weighted by molar-refractivity contribution is 6.35. The number of hydrogen-bond acceptors (Lipinski definition) is 9. The average Bonchev–Trinajstić information content (AvgIpc) is 3.40. The van der Waals surface area contributed by atoms with Crippen LogP contribution in [0.4, 0.5) is 5.95 Å². The first-order valence-electron chi connectivity index (χ1n) is 12.1. The van der Waals surface area contributed by atoms with E-state index in [9.17, 15) is 9.59 Å². The van der Waals surface area contributed by atoms with E-state index in [0.717, 1.165) is 16.5 Å². The van der Waals surface area contributed by atoms with Crippen molar-refractivity contribution in [3.63, 3.8) is 0 Å². The summed E-state index contributed by atoms with van der Waals surface area (Å²) < 4.78 is 12.9. The van der Waals surface area contributed by atoms with E-state index in [1.807, 2.05) is 40.8 Å². The number of carbonyl (C=O) groups is 2. The molecule has 12 heteroatoms. The van der Waals surface area contributed by atoms with Gasteiger partial charge in [-0.1, -0.05) is 35.9 Å². The monoisotopic (exact) mass is 557 g/mol. The molecule has 5 rings (SSSR count). The molecule has 0 aliphatic heterocycles. The van der Waals surface area contributed by atoms with E-state index in [0.29, 0.717) is 63.5 Å². The van der Waals surface area contributed by atoms with Crippen LogP contribution < -0.4 is 20.1 Å². The van der Waals surface area contributed by atoms with Crippen LogP contribution in [-0.4, -0.2) is 58.2 Å². The van der Waals surface area contributed by atoms with Gasteiger partial charge in [0.15, 0.2) is 11.3 Å². The number of imide groups is 1. The third kappa shape index (κ3) is 5.14. The van der Waals surface area contributed by atoms with Crippen molar-refractivity contribution in [3.05, 3.63) is 76.7 Å². The highest BCUT2D eigenvalue weighted by Crippen LogP contribution is 2.41. The molecule has 0 spiro atoms. The smallest absolute Gasteiger partial charge is 0.250 e. The first-order chi connectivity index (χ1) is 19.4. The summed E-state index contributed by atoms with van der Waals surface area (Å²) in [7, 11) is 4.87. The van der Waals surface area contributed by atoms with Crippen molar-refractivity contribution in [2.45, 2.75) is 6.42 Å². The van der Waals surface area contributed by atoms with Gasteiger partial charge in [-0.3, -0.25) is 19.3 Å². The molecule has 11 nitrogen and oxygen atoms in total. The number of rotatable bonds is 9. The number of hydrogen-bond donors (Lipinski definition) is 2. The lowest BCUT2D eigenvalue weighted by molar-refractivity contribution is -0.121. The number of anilines is 1. The van der Waals surface area contributed by atoms with E-state index in [1.54, 1.807) is 39.6 Å². The minimum Gasteiger partial charge on any atom is -0.497 e. The Morgan fingerprint density at radius 3 is 2.55 bits per heavy atom. The van der Waals surface area contributed by atoms with Gasteiger partial charge >= 0.3 is 0 Å². The minimum absolute atomic E-state index is 0.344. The average molecular weight is 558 g/mol. The number of nitrogens with one attached hydrogen (secondary N) is 2. The van der Waals surface area contributed by atoms with E-state index in [4.69, 9.17) is 26.1 Å². The van der Waals surface area contributed by atoms with Crippen LogP contribution in [0, 0.1) is 0 Å². The van der Waals surface area contributed by atoms with Crippen molar-refractivity contribution < 1.29 is 19.1 Å². The molecular weight excluding hydrogens is 534 g/mol. The summed E-state index contributed by atoms with van der Waals surface area (Å²) in [4.78, 5) is 31.0. The fourth-order valence-corrected chi connectivity index (χ4v) is 4.56. The third-order valence-corrected chi connectivity index (χ3v) is 6.62. The van der Waals surface area contributed by atoms with Gasteiger partial charge in [-0.15, -0.1) is 10.2 Å². The number of carbonyl (C=O) groups excluding carboxylic acids is 2. The van der Waals surface area contributed by atoms with E-state index in [1.165, 1.54) is 6.08 Å². The van der Waals surface area contributed by atoms with Crippen molar-refractivity contribution in [3.8, 4) is 22.6 Å². The number of fused-ring (bicyclic) bond motifs is 3. The molecule has 0 aliphatic carbocycles. The maximum Gasteiger partial charge on any atom is 0.250 e. The number of aromatic nitrogens is 5. The van der Waals surface area contributed by atoms with E-state index in [2.05, 4.69) is 25.8 Å². The third-order valence-electron chi connectivity index (χ3n) is 6.23. The minimum atomic E-state index is -0.492. The van der Waals surface area contributed by atoms with Crippen LogP contribution >= 0.6 is 11.6 Å².